The molecule has 0 bridgehead atoms. The second kappa shape index (κ2) is 7.95. The molecule has 2 aromatic rings. The number of nitrogens with one attached hydrogen (secondary N) is 1. The number of halogens is 2. The van der Waals surface area contributed by atoms with E-state index in [9.17, 15) is 14.9 Å². The van der Waals surface area contributed by atoms with Crippen molar-refractivity contribution < 1.29 is 14.5 Å². The van der Waals surface area contributed by atoms with E-state index in [1.807, 2.05) is 0 Å². The van der Waals surface area contributed by atoms with Crippen molar-refractivity contribution in [3.63, 3.8) is 0 Å². The van der Waals surface area contributed by atoms with Crippen LogP contribution in [0.15, 0.2) is 29.5 Å². The van der Waals surface area contributed by atoms with Crippen molar-refractivity contribution in [1.29, 1.82) is 0 Å². The highest BCUT2D eigenvalue weighted by atomic mass is 35.5. The Hall–Kier alpha value is -2.65. The van der Waals surface area contributed by atoms with Crippen LogP contribution in [-0.2, 0) is 4.79 Å². The largest absolute Gasteiger partial charge is 0.475 e. The van der Waals surface area contributed by atoms with Crippen molar-refractivity contribution in [2.45, 2.75) is 13.0 Å². The normalized spacial score (nSPS) is 12.2. The van der Waals surface area contributed by atoms with Crippen LogP contribution in [0.2, 0.25) is 10.0 Å². The predicted octanol–water partition coefficient (Wildman–Crippen LogP) is 2.82. The number of nitrogens with zero attached hydrogens (tertiary/aromatic N) is 4. The molecule has 1 aromatic heterocycles. The first kappa shape index (κ1) is 18.7. The quantitative estimate of drug-likeness (QED) is 0.466. The molecule has 1 heterocycles. The van der Waals surface area contributed by atoms with Crippen LogP contribution in [-0.4, -0.2) is 33.9 Å². The molecule has 25 heavy (non-hydrogen) atoms. The van der Waals surface area contributed by atoms with Gasteiger partial charge in [0.1, 0.15) is 12.2 Å². The minimum atomic E-state index is -0.839. The van der Waals surface area contributed by atoms with Crippen molar-refractivity contribution in [2.75, 3.05) is 7.11 Å². The molecule has 0 spiro atoms. The van der Waals surface area contributed by atoms with Crippen molar-refractivity contribution in [1.82, 2.24) is 15.2 Å². The van der Waals surface area contributed by atoms with E-state index in [-0.39, 0.29) is 11.6 Å². The second-order valence-electron chi connectivity index (χ2n) is 4.84. The number of nitro groups is 1. The summed E-state index contributed by atoms with van der Waals surface area (Å²) in [4.78, 5) is 22.3. The molecular formula is C14H13Cl2N5O4. The molecule has 0 saturated heterocycles. The van der Waals surface area contributed by atoms with Gasteiger partial charge in [0.25, 0.3) is 5.91 Å². The van der Waals surface area contributed by atoms with Crippen molar-refractivity contribution in [2.24, 2.45) is 5.10 Å². The minimum absolute atomic E-state index is 0.177. The van der Waals surface area contributed by atoms with Gasteiger partial charge in [0.2, 0.25) is 0 Å². The standard InChI is InChI=1S/C14H13Cl2N5O4/c1-8(20-7-12(21(23)24)14(19-20)25-2)13(22)18-17-6-9-3-4-10(15)11(16)5-9/h3-8H,1-2H3,(H,18,22)/b17-6-/t8-/m1/s1. The van der Waals surface area contributed by atoms with E-state index in [0.29, 0.717) is 15.6 Å². The third kappa shape index (κ3) is 4.46. The van der Waals surface area contributed by atoms with E-state index < -0.39 is 16.9 Å². The van der Waals surface area contributed by atoms with E-state index in [1.54, 1.807) is 18.2 Å². The van der Waals surface area contributed by atoms with E-state index in [0.717, 1.165) is 10.9 Å². The molecule has 0 aliphatic carbocycles. The lowest BCUT2D eigenvalue weighted by atomic mass is 10.2. The van der Waals surface area contributed by atoms with Gasteiger partial charge < -0.3 is 4.74 Å². The van der Waals surface area contributed by atoms with Gasteiger partial charge in [0, 0.05) is 0 Å². The number of amides is 1. The van der Waals surface area contributed by atoms with Gasteiger partial charge >= 0.3 is 11.6 Å². The van der Waals surface area contributed by atoms with Crippen molar-refractivity contribution in [3.05, 3.63) is 50.1 Å². The van der Waals surface area contributed by atoms with E-state index >= 15 is 0 Å². The van der Waals surface area contributed by atoms with Crippen LogP contribution in [0.25, 0.3) is 0 Å². The average molecular weight is 386 g/mol. The summed E-state index contributed by atoms with van der Waals surface area (Å²) in [5, 5.41) is 19.3. The van der Waals surface area contributed by atoms with Crippen molar-refractivity contribution in [3.8, 4) is 5.88 Å². The molecule has 0 aliphatic heterocycles. The summed E-state index contributed by atoms with van der Waals surface area (Å²) in [7, 11) is 1.26. The van der Waals surface area contributed by atoms with Gasteiger partial charge in [0.05, 0.1) is 28.3 Å². The van der Waals surface area contributed by atoms with Crippen LogP contribution in [0.3, 0.4) is 0 Å². The number of rotatable bonds is 6. The lowest BCUT2D eigenvalue weighted by Gasteiger charge is -2.09. The van der Waals surface area contributed by atoms with Crippen molar-refractivity contribution >= 4 is 41.0 Å². The summed E-state index contributed by atoms with van der Waals surface area (Å²) >= 11 is 11.7. The summed E-state index contributed by atoms with van der Waals surface area (Å²) in [5.74, 6) is -0.694. The third-order valence-corrected chi connectivity index (χ3v) is 3.92. The van der Waals surface area contributed by atoms with Gasteiger partial charge in [-0.1, -0.05) is 29.3 Å². The van der Waals surface area contributed by atoms with Gasteiger partial charge in [0.15, 0.2) is 0 Å². The fraction of sp³-hybridized carbons (Fsp3) is 0.214. The molecule has 0 saturated carbocycles. The highest BCUT2D eigenvalue weighted by molar-refractivity contribution is 6.42. The van der Waals surface area contributed by atoms with Crippen LogP contribution in [0.5, 0.6) is 5.88 Å². The zero-order valence-corrected chi connectivity index (χ0v) is 14.7. The van der Waals surface area contributed by atoms with E-state index in [4.69, 9.17) is 27.9 Å². The second-order valence-corrected chi connectivity index (χ2v) is 5.66. The number of benzene rings is 1. The number of hydrogen-bond donors (Lipinski definition) is 1. The molecule has 1 atom stereocenters. The van der Waals surface area contributed by atoms with Gasteiger partial charge in [-0.3, -0.25) is 14.9 Å². The average Bonchev–Trinajstić information content (AvgIpc) is 3.02. The highest BCUT2D eigenvalue weighted by Crippen LogP contribution is 2.26. The Morgan fingerprint density at radius 2 is 2.20 bits per heavy atom. The van der Waals surface area contributed by atoms with Gasteiger partial charge in [-0.15, -0.1) is 5.10 Å². The molecule has 0 aliphatic rings. The summed E-state index contributed by atoms with van der Waals surface area (Å²) in [6.07, 6.45) is 2.50. The number of hydrazone groups is 1. The Kier molecular flexibility index (Phi) is 5.94. The smallest absolute Gasteiger partial charge is 0.350 e. The molecule has 1 N–H and O–H groups in total. The lowest BCUT2D eigenvalue weighted by molar-refractivity contribution is -0.385. The van der Waals surface area contributed by atoms with Crippen LogP contribution >= 0.6 is 23.2 Å². The Morgan fingerprint density at radius 3 is 2.76 bits per heavy atom. The Morgan fingerprint density at radius 1 is 1.48 bits per heavy atom. The number of methoxy groups -OCH3 is 1. The molecule has 11 heteroatoms. The maximum atomic E-state index is 12.1. The van der Waals surface area contributed by atoms with Gasteiger partial charge in [-0.25, -0.2) is 10.1 Å². The maximum Gasteiger partial charge on any atom is 0.350 e. The van der Waals surface area contributed by atoms with Gasteiger partial charge in [-0.05, 0) is 24.6 Å². The molecule has 9 nitrogen and oxygen atoms in total. The first-order valence-corrected chi connectivity index (χ1v) is 7.64. The summed E-state index contributed by atoms with van der Waals surface area (Å²) in [5.41, 5.74) is 2.63. The predicted molar refractivity (Wildman–Crippen MR) is 92.3 cm³/mol. The molecule has 1 amide bonds. The van der Waals surface area contributed by atoms with Crippen LogP contribution < -0.4 is 10.2 Å². The summed E-state index contributed by atoms with van der Waals surface area (Å²) in [6.45, 7) is 1.51. The number of carbonyl (C=O) groups is 1. The van der Waals surface area contributed by atoms with Crippen LogP contribution in [0, 0.1) is 10.1 Å². The Bertz CT molecular complexity index is 837. The topological polar surface area (TPSA) is 112 Å². The fourth-order valence-corrected chi connectivity index (χ4v) is 2.12. The van der Waals surface area contributed by atoms with Crippen LogP contribution in [0.4, 0.5) is 5.69 Å². The number of carbonyl (C=O) groups excluding carboxylic acids is 1. The highest BCUT2D eigenvalue weighted by Gasteiger charge is 2.25. The zero-order chi connectivity index (χ0) is 18.6. The molecule has 0 radical (unpaired) electrons. The Balaban J connectivity index is 2.06. The summed E-state index contributed by atoms with van der Waals surface area (Å²) in [6, 6.07) is 4.03. The van der Waals surface area contributed by atoms with E-state index in [1.165, 1.54) is 20.2 Å². The number of hydrogen-bond acceptors (Lipinski definition) is 6. The van der Waals surface area contributed by atoms with Gasteiger partial charge in [-0.2, -0.15) is 5.10 Å². The fourth-order valence-electron chi connectivity index (χ4n) is 1.81. The number of aromatic nitrogens is 2. The van der Waals surface area contributed by atoms with Crippen LogP contribution in [0.1, 0.15) is 18.5 Å². The SMILES string of the molecule is COc1nn([C@H](C)C(=O)N/N=C\c2ccc(Cl)c(Cl)c2)cc1[N+](=O)[O-]. The molecule has 1 aromatic carbocycles. The Labute approximate surface area is 152 Å². The monoisotopic (exact) mass is 385 g/mol. The first-order valence-electron chi connectivity index (χ1n) is 6.89. The third-order valence-electron chi connectivity index (χ3n) is 3.18. The molecule has 0 fully saturated rings. The molecule has 0 unspecified atom stereocenters. The summed E-state index contributed by atoms with van der Waals surface area (Å²) < 4.78 is 5.94. The molecule has 132 valence electrons. The van der Waals surface area contributed by atoms with E-state index in [2.05, 4.69) is 15.6 Å². The minimum Gasteiger partial charge on any atom is -0.475 e. The molecule has 2 rings (SSSR count). The first-order chi connectivity index (χ1) is 11.8. The maximum absolute atomic E-state index is 12.1. The molecular weight excluding hydrogens is 373 g/mol. The zero-order valence-electron chi connectivity index (χ0n) is 13.1. The lowest BCUT2D eigenvalue weighted by Crippen LogP contribution is -2.27. The number of ether oxygens (including phenoxy) is 1.